The summed E-state index contributed by atoms with van der Waals surface area (Å²) in [6, 6.07) is 6.11. The summed E-state index contributed by atoms with van der Waals surface area (Å²) in [5.41, 5.74) is 1.27. The van der Waals surface area contributed by atoms with E-state index in [9.17, 15) is 0 Å². The SMILES string of the molecule is COc1cc(C(C)C)ccc1OC(C)C. The maximum absolute atomic E-state index is 5.65. The molecule has 1 rings (SSSR count). The lowest BCUT2D eigenvalue weighted by molar-refractivity contribution is 0.230. The highest BCUT2D eigenvalue weighted by Gasteiger charge is 2.08. The van der Waals surface area contributed by atoms with Crippen molar-refractivity contribution in [2.45, 2.75) is 39.7 Å². The van der Waals surface area contributed by atoms with Crippen LogP contribution in [0.25, 0.3) is 0 Å². The third-order valence-corrected chi connectivity index (χ3v) is 2.22. The van der Waals surface area contributed by atoms with Crippen LogP contribution in [0.15, 0.2) is 18.2 Å². The molecule has 0 spiro atoms. The molecule has 2 nitrogen and oxygen atoms in total. The lowest BCUT2D eigenvalue weighted by Crippen LogP contribution is -2.07. The molecule has 0 atom stereocenters. The van der Waals surface area contributed by atoms with Crippen molar-refractivity contribution in [2.75, 3.05) is 7.11 Å². The summed E-state index contributed by atoms with van der Waals surface area (Å²) in [6.07, 6.45) is 0.170. The van der Waals surface area contributed by atoms with Gasteiger partial charge in [0.25, 0.3) is 0 Å². The van der Waals surface area contributed by atoms with Crippen molar-refractivity contribution in [1.29, 1.82) is 0 Å². The van der Waals surface area contributed by atoms with Crippen LogP contribution in [-0.2, 0) is 0 Å². The second-order valence-electron chi connectivity index (χ2n) is 4.23. The number of benzene rings is 1. The molecule has 0 radical (unpaired) electrons. The first kappa shape index (κ1) is 11.9. The van der Waals surface area contributed by atoms with E-state index in [1.807, 2.05) is 26.0 Å². The number of rotatable bonds is 4. The van der Waals surface area contributed by atoms with Gasteiger partial charge in [0.1, 0.15) is 0 Å². The van der Waals surface area contributed by atoms with Crippen LogP contribution in [0.2, 0.25) is 0 Å². The molecule has 0 N–H and O–H groups in total. The Kier molecular flexibility index (Phi) is 4.01. The molecule has 0 amide bonds. The first-order valence-electron chi connectivity index (χ1n) is 5.39. The fraction of sp³-hybridized carbons (Fsp3) is 0.538. The second-order valence-corrected chi connectivity index (χ2v) is 4.23. The van der Waals surface area contributed by atoms with E-state index in [1.165, 1.54) is 5.56 Å². The number of methoxy groups -OCH3 is 1. The summed E-state index contributed by atoms with van der Waals surface area (Å²) in [5.74, 6) is 2.14. The molecule has 0 saturated carbocycles. The van der Waals surface area contributed by atoms with Gasteiger partial charge in [0, 0.05) is 0 Å². The molecule has 0 heterocycles. The van der Waals surface area contributed by atoms with E-state index in [2.05, 4.69) is 19.9 Å². The van der Waals surface area contributed by atoms with E-state index in [0.29, 0.717) is 5.92 Å². The molecule has 0 aliphatic heterocycles. The minimum absolute atomic E-state index is 0.170. The average Bonchev–Trinajstić information content (AvgIpc) is 2.17. The molecule has 0 aromatic heterocycles. The minimum atomic E-state index is 0.170. The Hall–Kier alpha value is -1.18. The summed E-state index contributed by atoms with van der Waals surface area (Å²) in [5, 5.41) is 0. The maximum atomic E-state index is 5.65. The lowest BCUT2D eigenvalue weighted by atomic mass is 10.0. The second kappa shape index (κ2) is 5.06. The van der Waals surface area contributed by atoms with Gasteiger partial charge in [-0.3, -0.25) is 0 Å². The van der Waals surface area contributed by atoms with Crippen molar-refractivity contribution in [3.05, 3.63) is 23.8 Å². The third kappa shape index (κ3) is 3.15. The van der Waals surface area contributed by atoms with Crippen LogP contribution in [0.3, 0.4) is 0 Å². The van der Waals surface area contributed by atoms with Crippen LogP contribution >= 0.6 is 0 Å². The van der Waals surface area contributed by atoms with E-state index in [0.717, 1.165) is 11.5 Å². The van der Waals surface area contributed by atoms with Crippen LogP contribution in [0.5, 0.6) is 11.5 Å². The summed E-state index contributed by atoms with van der Waals surface area (Å²) >= 11 is 0. The van der Waals surface area contributed by atoms with Crippen molar-refractivity contribution in [3.8, 4) is 11.5 Å². The molecule has 0 aliphatic rings. The van der Waals surface area contributed by atoms with Crippen molar-refractivity contribution in [3.63, 3.8) is 0 Å². The molecule has 1 aromatic carbocycles. The van der Waals surface area contributed by atoms with Crippen LogP contribution < -0.4 is 9.47 Å². The van der Waals surface area contributed by atoms with Gasteiger partial charge < -0.3 is 9.47 Å². The summed E-state index contributed by atoms with van der Waals surface area (Å²) < 4.78 is 11.0. The predicted octanol–water partition coefficient (Wildman–Crippen LogP) is 3.61. The third-order valence-electron chi connectivity index (χ3n) is 2.22. The standard InChI is InChI=1S/C13H20O2/c1-9(2)11-6-7-12(15-10(3)4)13(8-11)14-5/h6-10H,1-5H3. The average molecular weight is 208 g/mol. The minimum Gasteiger partial charge on any atom is -0.493 e. The first-order chi connectivity index (χ1) is 7.04. The van der Waals surface area contributed by atoms with E-state index in [4.69, 9.17) is 9.47 Å². The Balaban J connectivity index is 2.98. The molecule has 0 unspecified atom stereocenters. The number of ether oxygens (including phenoxy) is 2. The van der Waals surface area contributed by atoms with Crippen molar-refractivity contribution < 1.29 is 9.47 Å². The van der Waals surface area contributed by atoms with Gasteiger partial charge in [0.2, 0.25) is 0 Å². The highest BCUT2D eigenvalue weighted by atomic mass is 16.5. The lowest BCUT2D eigenvalue weighted by Gasteiger charge is -2.15. The Morgan fingerprint density at radius 2 is 1.67 bits per heavy atom. The molecule has 0 saturated heterocycles. The predicted molar refractivity (Wildman–Crippen MR) is 62.8 cm³/mol. The smallest absolute Gasteiger partial charge is 0.161 e. The molecular weight excluding hydrogens is 188 g/mol. The van der Waals surface area contributed by atoms with Gasteiger partial charge in [0.05, 0.1) is 13.2 Å². The van der Waals surface area contributed by atoms with Gasteiger partial charge in [-0.05, 0) is 37.5 Å². The summed E-state index contributed by atoms with van der Waals surface area (Å²) in [7, 11) is 1.67. The van der Waals surface area contributed by atoms with Crippen molar-refractivity contribution >= 4 is 0 Å². The fourth-order valence-electron chi connectivity index (χ4n) is 1.39. The topological polar surface area (TPSA) is 18.5 Å². The number of hydrogen-bond donors (Lipinski definition) is 0. The summed E-state index contributed by atoms with van der Waals surface area (Å²) in [6.45, 7) is 8.35. The van der Waals surface area contributed by atoms with Gasteiger partial charge in [-0.15, -0.1) is 0 Å². The summed E-state index contributed by atoms with van der Waals surface area (Å²) in [4.78, 5) is 0. The van der Waals surface area contributed by atoms with E-state index in [-0.39, 0.29) is 6.10 Å². The van der Waals surface area contributed by atoms with Crippen LogP contribution in [0.4, 0.5) is 0 Å². The van der Waals surface area contributed by atoms with Gasteiger partial charge in [0.15, 0.2) is 11.5 Å². The van der Waals surface area contributed by atoms with Crippen LogP contribution in [0.1, 0.15) is 39.2 Å². The number of hydrogen-bond acceptors (Lipinski definition) is 2. The highest BCUT2D eigenvalue weighted by molar-refractivity contribution is 5.43. The molecule has 0 bridgehead atoms. The fourth-order valence-corrected chi connectivity index (χ4v) is 1.39. The van der Waals surface area contributed by atoms with Crippen LogP contribution in [-0.4, -0.2) is 13.2 Å². The van der Waals surface area contributed by atoms with Crippen molar-refractivity contribution in [1.82, 2.24) is 0 Å². The molecule has 0 fully saturated rings. The Labute approximate surface area is 92.2 Å². The van der Waals surface area contributed by atoms with Crippen molar-refractivity contribution in [2.24, 2.45) is 0 Å². The molecule has 84 valence electrons. The Bertz CT molecular complexity index is 316. The van der Waals surface area contributed by atoms with E-state index < -0.39 is 0 Å². The molecular formula is C13H20O2. The quantitative estimate of drug-likeness (QED) is 0.752. The molecule has 15 heavy (non-hydrogen) atoms. The molecule has 1 aromatic rings. The zero-order chi connectivity index (χ0) is 11.4. The zero-order valence-electron chi connectivity index (χ0n) is 10.2. The maximum Gasteiger partial charge on any atom is 0.161 e. The van der Waals surface area contributed by atoms with Gasteiger partial charge in [-0.25, -0.2) is 0 Å². The largest absolute Gasteiger partial charge is 0.493 e. The normalized spacial score (nSPS) is 10.9. The van der Waals surface area contributed by atoms with Crippen LogP contribution in [0, 0.1) is 0 Å². The highest BCUT2D eigenvalue weighted by Crippen LogP contribution is 2.31. The Morgan fingerprint density at radius 1 is 1.00 bits per heavy atom. The van der Waals surface area contributed by atoms with Gasteiger partial charge in [-0.1, -0.05) is 19.9 Å². The Morgan fingerprint density at radius 3 is 2.13 bits per heavy atom. The van der Waals surface area contributed by atoms with Gasteiger partial charge >= 0.3 is 0 Å². The molecule has 2 heteroatoms. The van der Waals surface area contributed by atoms with E-state index in [1.54, 1.807) is 7.11 Å². The first-order valence-corrected chi connectivity index (χ1v) is 5.39. The molecule has 0 aliphatic carbocycles. The monoisotopic (exact) mass is 208 g/mol. The zero-order valence-corrected chi connectivity index (χ0v) is 10.2. The van der Waals surface area contributed by atoms with Gasteiger partial charge in [-0.2, -0.15) is 0 Å². The van der Waals surface area contributed by atoms with E-state index >= 15 is 0 Å².